The van der Waals surface area contributed by atoms with E-state index in [9.17, 15) is 18.0 Å². The third-order valence-electron chi connectivity index (χ3n) is 2.34. The van der Waals surface area contributed by atoms with Gasteiger partial charge in [-0.2, -0.15) is 24.5 Å². The Morgan fingerprint density at radius 1 is 1.18 bits per heavy atom. The highest BCUT2D eigenvalue weighted by Gasteiger charge is 2.31. The first-order valence-electron chi connectivity index (χ1n) is 4.71. The van der Waals surface area contributed by atoms with Crippen molar-refractivity contribution in [3.8, 4) is 11.1 Å². The highest BCUT2D eigenvalue weighted by Crippen LogP contribution is 2.34. The summed E-state index contributed by atoms with van der Waals surface area (Å²) in [5, 5.41) is 3.46. The summed E-state index contributed by atoms with van der Waals surface area (Å²) in [5.74, 6) is 0. The third-order valence-corrected chi connectivity index (χ3v) is 3.02. The molecule has 5 heteroatoms. The molecule has 0 aliphatic rings. The van der Waals surface area contributed by atoms with Crippen LogP contribution in [0, 0.1) is 0 Å². The largest absolute Gasteiger partial charge is 0.416 e. The van der Waals surface area contributed by atoms with Crippen LogP contribution >= 0.6 is 11.3 Å². The van der Waals surface area contributed by atoms with Crippen LogP contribution in [0.2, 0.25) is 0 Å². The van der Waals surface area contributed by atoms with Crippen molar-refractivity contribution in [3.63, 3.8) is 0 Å². The van der Waals surface area contributed by atoms with Gasteiger partial charge in [-0.3, -0.25) is 4.79 Å². The molecule has 0 amide bonds. The van der Waals surface area contributed by atoms with Gasteiger partial charge in [-0.25, -0.2) is 0 Å². The van der Waals surface area contributed by atoms with E-state index in [1.54, 1.807) is 16.8 Å². The molecule has 0 fully saturated rings. The second-order valence-corrected chi connectivity index (χ2v) is 4.21. The maximum Gasteiger partial charge on any atom is 0.416 e. The fourth-order valence-electron chi connectivity index (χ4n) is 1.50. The molecule has 1 aromatic carbocycles. The van der Waals surface area contributed by atoms with E-state index in [1.165, 1.54) is 17.4 Å². The number of rotatable bonds is 2. The zero-order chi connectivity index (χ0) is 12.5. The molecule has 0 bridgehead atoms. The molecule has 0 atom stereocenters. The lowest BCUT2D eigenvalue weighted by Gasteiger charge is -2.09. The summed E-state index contributed by atoms with van der Waals surface area (Å²) >= 11 is 1.37. The van der Waals surface area contributed by atoms with Crippen molar-refractivity contribution in [3.05, 3.63) is 46.2 Å². The topological polar surface area (TPSA) is 17.1 Å². The minimum Gasteiger partial charge on any atom is -0.298 e. The summed E-state index contributed by atoms with van der Waals surface area (Å²) in [6.07, 6.45) is -3.83. The Bertz CT molecular complexity index is 529. The zero-order valence-corrected chi connectivity index (χ0v) is 9.31. The monoisotopic (exact) mass is 256 g/mol. The van der Waals surface area contributed by atoms with E-state index >= 15 is 0 Å². The summed E-state index contributed by atoms with van der Waals surface area (Å²) in [5.41, 5.74) is 0.458. The highest BCUT2D eigenvalue weighted by atomic mass is 32.1. The third kappa shape index (κ3) is 2.39. The summed E-state index contributed by atoms with van der Waals surface area (Å²) in [7, 11) is 0. The van der Waals surface area contributed by atoms with Crippen LogP contribution in [0.15, 0.2) is 35.0 Å². The molecular weight excluding hydrogens is 249 g/mol. The minimum absolute atomic E-state index is 0.261. The van der Waals surface area contributed by atoms with Gasteiger partial charge < -0.3 is 0 Å². The Labute approximate surface area is 99.5 Å². The van der Waals surface area contributed by atoms with Gasteiger partial charge in [-0.05, 0) is 40.1 Å². The molecule has 2 rings (SSSR count). The Morgan fingerprint density at radius 3 is 2.47 bits per heavy atom. The van der Waals surface area contributed by atoms with Crippen LogP contribution < -0.4 is 0 Å². The van der Waals surface area contributed by atoms with Gasteiger partial charge in [0.1, 0.15) is 0 Å². The molecule has 0 unspecified atom stereocenters. The van der Waals surface area contributed by atoms with Crippen molar-refractivity contribution >= 4 is 17.6 Å². The molecule has 0 saturated heterocycles. The van der Waals surface area contributed by atoms with Crippen LogP contribution in [-0.4, -0.2) is 6.29 Å². The molecule has 0 spiro atoms. The van der Waals surface area contributed by atoms with Crippen molar-refractivity contribution in [1.29, 1.82) is 0 Å². The van der Waals surface area contributed by atoms with Gasteiger partial charge in [0.05, 0.1) is 5.56 Å². The Hall–Kier alpha value is -1.62. The van der Waals surface area contributed by atoms with E-state index in [1.807, 2.05) is 0 Å². The first-order chi connectivity index (χ1) is 8.02. The number of hydrogen-bond donors (Lipinski definition) is 0. The second-order valence-electron chi connectivity index (χ2n) is 3.43. The lowest BCUT2D eigenvalue weighted by Crippen LogP contribution is -2.05. The van der Waals surface area contributed by atoms with Crippen molar-refractivity contribution in [2.45, 2.75) is 6.18 Å². The Morgan fingerprint density at radius 2 is 1.94 bits per heavy atom. The van der Waals surface area contributed by atoms with Gasteiger partial charge in [-0.1, -0.05) is 6.07 Å². The Kier molecular flexibility index (Phi) is 3.02. The molecule has 88 valence electrons. The molecule has 0 N–H and O–H groups in total. The first kappa shape index (κ1) is 11.9. The van der Waals surface area contributed by atoms with Crippen molar-refractivity contribution in [2.75, 3.05) is 0 Å². The van der Waals surface area contributed by atoms with Crippen LogP contribution in [0.4, 0.5) is 13.2 Å². The number of thiophene rings is 1. The fourth-order valence-corrected chi connectivity index (χ4v) is 2.16. The molecule has 1 heterocycles. The lowest BCUT2D eigenvalue weighted by atomic mass is 10.00. The molecule has 1 nitrogen and oxygen atoms in total. The number of benzene rings is 1. The van der Waals surface area contributed by atoms with Gasteiger partial charge in [0.2, 0.25) is 0 Å². The summed E-state index contributed by atoms with van der Waals surface area (Å²) in [4.78, 5) is 10.8. The van der Waals surface area contributed by atoms with Gasteiger partial charge >= 0.3 is 6.18 Å². The molecule has 0 radical (unpaired) electrons. The average Bonchev–Trinajstić information content (AvgIpc) is 2.80. The maximum atomic E-state index is 12.6. The second kappa shape index (κ2) is 4.33. The number of hydrogen-bond acceptors (Lipinski definition) is 2. The van der Waals surface area contributed by atoms with E-state index < -0.39 is 11.7 Å². The number of aldehydes is 1. The standard InChI is InChI=1S/C12H7F3OS/c13-12(14,15)10-2-1-8(6-16)11(5-10)9-3-4-17-7-9/h1-7H. The van der Waals surface area contributed by atoms with Crippen LogP contribution in [0.1, 0.15) is 15.9 Å². The molecule has 17 heavy (non-hydrogen) atoms. The quantitative estimate of drug-likeness (QED) is 0.734. The number of carbonyl (C=O) groups excluding carboxylic acids is 1. The van der Waals surface area contributed by atoms with Crippen molar-refractivity contribution in [2.24, 2.45) is 0 Å². The molecule has 0 aliphatic carbocycles. The van der Waals surface area contributed by atoms with Crippen LogP contribution in [0.25, 0.3) is 11.1 Å². The highest BCUT2D eigenvalue weighted by molar-refractivity contribution is 7.08. The number of halogens is 3. The molecule has 0 aliphatic heterocycles. The summed E-state index contributed by atoms with van der Waals surface area (Å²) in [6.45, 7) is 0. The van der Waals surface area contributed by atoms with Gasteiger partial charge in [0.15, 0.2) is 6.29 Å². The van der Waals surface area contributed by atoms with E-state index in [2.05, 4.69) is 0 Å². The maximum absolute atomic E-state index is 12.6. The number of carbonyl (C=O) groups is 1. The number of alkyl halides is 3. The zero-order valence-electron chi connectivity index (χ0n) is 8.49. The van der Waals surface area contributed by atoms with Crippen LogP contribution in [0.3, 0.4) is 0 Å². The summed E-state index contributed by atoms with van der Waals surface area (Å²) < 4.78 is 37.7. The SMILES string of the molecule is O=Cc1ccc(C(F)(F)F)cc1-c1ccsc1. The van der Waals surface area contributed by atoms with Crippen LogP contribution in [-0.2, 0) is 6.18 Å². The molecule has 0 saturated carbocycles. The van der Waals surface area contributed by atoms with Crippen LogP contribution in [0.5, 0.6) is 0 Å². The fraction of sp³-hybridized carbons (Fsp3) is 0.0833. The van der Waals surface area contributed by atoms with Crippen molar-refractivity contribution in [1.82, 2.24) is 0 Å². The van der Waals surface area contributed by atoms with Crippen molar-refractivity contribution < 1.29 is 18.0 Å². The minimum atomic E-state index is -4.40. The van der Waals surface area contributed by atoms with E-state index in [0.717, 1.165) is 12.1 Å². The van der Waals surface area contributed by atoms with Gasteiger partial charge in [0, 0.05) is 5.56 Å². The molecule has 2 aromatic rings. The Balaban J connectivity index is 2.59. The first-order valence-corrected chi connectivity index (χ1v) is 5.65. The molecule has 1 aromatic heterocycles. The van der Waals surface area contributed by atoms with E-state index in [0.29, 0.717) is 17.4 Å². The predicted molar refractivity (Wildman–Crippen MR) is 60.1 cm³/mol. The average molecular weight is 256 g/mol. The van der Waals surface area contributed by atoms with E-state index in [-0.39, 0.29) is 5.56 Å². The molecular formula is C12H7F3OS. The smallest absolute Gasteiger partial charge is 0.298 e. The normalized spacial score (nSPS) is 11.5. The summed E-state index contributed by atoms with van der Waals surface area (Å²) in [6, 6.07) is 4.81. The predicted octanol–water partition coefficient (Wildman–Crippen LogP) is 4.25. The lowest BCUT2D eigenvalue weighted by molar-refractivity contribution is -0.137. The van der Waals surface area contributed by atoms with Gasteiger partial charge in [0.25, 0.3) is 0 Å². The van der Waals surface area contributed by atoms with E-state index in [4.69, 9.17) is 0 Å². The van der Waals surface area contributed by atoms with Gasteiger partial charge in [-0.15, -0.1) is 0 Å².